The molecule has 2 aromatic rings. The molecule has 1 unspecified atom stereocenters. The third-order valence-corrected chi connectivity index (χ3v) is 5.74. The van der Waals surface area contributed by atoms with Crippen LogP contribution in [0.3, 0.4) is 0 Å². The van der Waals surface area contributed by atoms with Crippen LogP contribution in [0, 0.1) is 0 Å². The van der Waals surface area contributed by atoms with E-state index in [1.165, 1.54) is 5.56 Å². The molecule has 2 aliphatic rings. The molecule has 0 aliphatic carbocycles. The summed E-state index contributed by atoms with van der Waals surface area (Å²) >= 11 is 6.23. The number of carbonyl (C=O) groups is 1. The molecule has 0 aromatic heterocycles. The molecular weight excluding hydrogens is 374 g/mol. The zero-order chi connectivity index (χ0) is 19.3. The Morgan fingerprint density at radius 1 is 1.11 bits per heavy atom. The number of rotatable bonds is 4. The summed E-state index contributed by atoms with van der Waals surface area (Å²) < 4.78 is 5.45. The number of hydrogen-bond acceptors (Lipinski definition) is 3. The molecule has 2 aliphatic heterocycles. The maximum atomic E-state index is 13.1. The van der Waals surface area contributed by atoms with Gasteiger partial charge in [-0.05, 0) is 43.0 Å². The first-order valence-electron chi connectivity index (χ1n) is 9.94. The first-order chi connectivity index (χ1) is 13.7. The number of halogens is 1. The molecule has 2 heterocycles. The number of amides is 2. The lowest BCUT2D eigenvalue weighted by Gasteiger charge is -2.31. The van der Waals surface area contributed by atoms with E-state index in [9.17, 15) is 4.79 Å². The van der Waals surface area contributed by atoms with Crippen LogP contribution in [0.1, 0.15) is 18.4 Å². The summed E-state index contributed by atoms with van der Waals surface area (Å²) in [6.45, 7) is 3.80. The van der Waals surface area contributed by atoms with Crippen molar-refractivity contribution in [2.24, 2.45) is 0 Å². The third kappa shape index (κ3) is 4.42. The monoisotopic (exact) mass is 399 g/mol. The number of nitrogens with one attached hydrogen (secondary N) is 1. The fraction of sp³-hybridized carbons (Fsp3) is 0.409. The summed E-state index contributed by atoms with van der Waals surface area (Å²) in [6, 6.07) is 16.3. The van der Waals surface area contributed by atoms with Crippen molar-refractivity contribution < 1.29 is 9.53 Å². The number of hydrogen-bond donors (Lipinski definition) is 1. The smallest absolute Gasteiger partial charge is 0.322 e. The molecule has 2 aromatic carbocycles. The number of ether oxygens (including phenoxy) is 1. The van der Waals surface area contributed by atoms with E-state index in [1.54, 1.807) is 0 Å². The Labute approximate surface area is 171 Å². The van der Waals surface area contributed by atoms with Crippen molar-refractivity contribution in [3.63, 3.8) is 0 Å². The van der Waals surface area contributed by atoms with Gasteiger partial charge < -0.3 is 19.9 Å². The highest BCUT2D eigenvalue weighted by Crippen LogP contribution is 2.31. The Kier molecular flexibility index (Phi) is 6.03. The van der Waals surface area contributed by atoms with Crippen molar-refractivity contribution in [3.05, 3.63) is 59.1 Å². The van der Waals surface area contributed by atoms with Gasteiger partial charge in [0.25, 0.3) is 0 Å². The summed E-state index contributed by atoms with van der Waals surface area (Å²) in [5.41, 5.74) is 3.04. The molecule has 148 valence electrons. The number of anilines is 2. The third-order valence-electron chi connectivity index (χ3n) is 5.50. The Morgan fingerprint density at radius 2 is 1.89 bits per heavy atom. The van der Waals surface area contributed by atoms with E-state index in [1.807, 2.05) is 29.2 Å². The van der Waals surface area contributed by atoms with Crippen LogP contribution in [-0.2, 0) is 11.2 Å². The Hall–Kier alpha value is -2.24. The minimum atomic E-state index is -0.0461. The molecule has 0 bridgehead atoms. The summed E-state index contributed by atoms with van der Waals surface area (Å²) in [5.74, 6) is 0. The molecule has 0 radical (unpaired) electrons. The van der Waals surface area contributed by atoms with Gasteiger partial charge in [-0.15, -0.1) is 0 Å². The number of nitrogens with zero attached hydrogens (tertiary/aromatic N) is 2. The lowest BCUT2D eigenvalue weighted by molar-refractivity contribution is 0.123. The quantitative estimate of drug-likeness (QED) is 0.827. The van der Waals surface area contributed by atoms with Gasteiger partial charge in [0, 0.05) is 30.7 Å². The normalized spacial score (nSPS) is 19.7. The van der Waals surface area contributed by atoms with Crippen molar-refractivity contribution in [2.45, 2.75) is 25.3 Å². The van der Waals surface area contributed by atoms with E-state index in [0.717, 1.165) is 50.3 Å². The van der Waals surface area contributed by atoms with Gasteiger partial charge in [-0.1, -0.05) is 41.9 Å². The van der Waals surface area contributed by atoms with E-state index in [-0.39, 0.29) is 12.1 Å². The summed E-state index contributed by atoms with van der Waals surface area (Å²) in [6.07, 6.45) is 2.96. The molecular formula is C22H26ClN3O2. The topological polar surface area (TPSA) is 44.8 Å². The van der Waals surface area contributed by atoms with Crippen molar-refractivity contribution in [2.75, 3.05) is 43.1 Å². The van der Waals surface area contributed by atoms with Crippen LogP contribution in [0.5, 0.6) is 0 Å². The van der Waals surface area contributed by atoms with Gasteiger partial charge in [0.1, 0.15) is 0 Å². The predicted octanol–water partition coefficient (Wildman–Crippen LogP) is 4.42. The van der Waals surface area contributed by atoms with E-state index in [4.69, 9.17) is 16.3 Å². The number of benzene rings is 2. The molecule has 1 atom stereocenters. The highest BCUT2D eigenvalue weighted by Gasteiger charge is 2.29. The molecule has 4 rings (SSSR count). The van der Waals surface area contributed by atoms with Gasteiger partial charge in [0.05, 0.1) is 24.6 Å². The maximum Gasteiger partial charge on any atom is 0.322 e. The molecule has 28 heavy (non-hydrogen) atoms. The van der Waals surface area contributed by atoms with Crippen LogP contribution >= 0.6 is 11.6 Å². The fourth-order valence-electron chi connectivity index (χ4n) is 4.08. The minimum Gasteiger partial charge on any atom is -0.378 e. The largest absolute Gasteiger partial charge is 0.378 e. The highest BCUT2D eigenvalue weighted by molar-refractivity contribution is 6.31. The van der Waals surface area contributed by atoms with Gasteiger partial charge in [0.15, 0.2) is 0 Å². The predicted molar refractivity (Wildman–Crippen MR) is 113 cm³/mol. The summed E-state index contributed by atoms with van der Waals surface area (Å²) in [7, 11) is 0. The second-order valence-electron chi connectivity index (χ2n) is 7.37. The SMILES string of the molecule is O=C(Nc1cc(Cl)ccc1N1CCOCC1)N1CCCC1Cc1ccccc1. The molecule has 6 heteroatoms. The molecule has 5 nitrogen and oxygen atoms in total. The van der Waals surface area contributed by atoms with Crippen molar-refractivity contribution in [3.8, 4) is 0 Å². The van der Waals surface area contributed by atoms with E-state index in [0.29, 0.717) is 18.2 Å². The highest BCUT2D eigenvalue weighted by atomic mass is 35.5. The van der Waals surface area contributed by atoms with Crippen LogP contribution in [-0.4, -0.2) is 49.8 Å². The van der Waals surface area contributed by atoms with Gasteiger partial charge in [0.2, 0.25) is 0 Å². The number of urea groups is 1. The van der Waals surface area contributed by atoms with Crippen LogP contribution in [0.15, 0.2) is 48.5 Å². The molecule has 2 amide bonds. The second kappa shape index (κ2) is 8.84. The zero-order valence-electron chi connectivity index (χ0n) is 15.9. The van der Waals surface area contributed by atoms with Crippen molar-refractivity contribution >= 4 is 29.0 Å². The summed E-state index contributed by atoms with van der Waals surface area (Å²) in [4.78, 5) is 17.3. The van der Waals surface area contributed by atoms with Gasteiger partial charge in [-0.3, -0.25) is 0 Å². The van der Waals surface area contributed by atoms with E-state index in [2.05, 4.69) is 34.5 Å². The maximum absolute atomic E-state index is 13.1. The van der Waals surface area contributed by atoms with Crippen molar-refractivity contribution in [1.29, 1.82) is 0 Å². The van der Waals surface area contributed by atoms with Crippen LogP contribution in [0.4, 0.5) is 16.2 Å². The molecule has 0 spiro atoms. The number of morpholine rings is 1. The first-order valence-corrected chi connectivity index (χ1v) is 10.3. The summed E-state index contributed by atoms with van der Waals surface area (Å²) in [5, 5.41) is 3.75. The standard InChI is InChI=1S/C22H26ClN3O2/c23-18-8-9-21(25-11-13-28-14-12-25)20(16-18)24-22(27)26-10-4-7-19(26)15-17-5-2-1-3-6-17/h1-3,5-6,8-9,16,19H,4,7,10-15H2,(H,24,27). The van der Waals surface area contributed by atoms with Crippen molar-refractivity contribution in [1.82, 2.24) is 4.90 Å². The average Bonchev–Trinajstić information content (AvgIpc) is 3.18. The molecule has 2 fully saturated rings. The average molecular weight is 400 g/mol. The fourth-order valence-corrected chi connectivity index (χ4v) is 4.25. The van der Waals surface area contributed by atoms with E-state index < -0.39 is 0 Å². The Bertz CT molecular complexity index is 809. The lowest BCUT2D eigenvalue weighted by atomic mass is 10.0. The molecule has 2 saturated heterocycles. The second-order valence-corrected chi connectivity index (χ2v) is 7.81. The Morgan fingerprint density at radius 3 is 2.68 bits per heavy atom. The van der Waals surface area contributed by atoms with Crippen LogP contribution in [0.25, 0.3) is 0 Å². The van der Waals surface area contributed by atoms with Gasteiger partial charge in [-0.2, -0.15) is 0 Å². The van der Waals surface area contributed by atoms with Gasteiger partial charge >= 0.3 is 6.03 Å². The molecule has 1 N–H and O–H groups in total. The minimum absolute atomic E-state index is 0.0461. The van der Waals surface area contributed by atoms with Gasteiger partial charge in [-0.25, -0.2) is 4.79 Å². The van der Waals surface area contributed by atoms with Crippen LogP contribution < -0.4 is 10.2 Å². The van der Waals surface area contributed by atoms with E-state index >= 15 is 0 Å². The molecule has 0 saturated carbocycles. The zero-order valence-corrected chi connectivity index (χ0v) is 16.7. The lowest BCUT2D eigenvalue weighted by Crippen LogP contribution is -2.41. The number of carbonyl (C=O) groups excluding carboxylic acids is 1. The Balaban J connectivity index is 1.49. The number of likely N-dealkylation sites (tertiary alicyclic amines) is 1. The first kappa shape index (κ1) is 19.1. The van der Waals surface area contributed by atoms with Crippen LogP contribution in [0.2, 0.25) is 5.02 Å².